The Kier molecular flexibility index (Phi) is 3.31. The third-order valence-electron chi connectivity index (χ3n) is 3.08. The molecule has 0 aliphatic rings. The van der Waals surface area contributed by atoms with Crippen molar-refractivity contribution in [2.24, 2.45) is 0 Å². The van der Waals surface area contributed by atoms with E-state index in [0.29, 0.717) is 5.95 Å². The van der Waals surface area contributed by atoms with Gasteiger partial charge in [-0.15, -0.1) is 5.10 Å². The molecule has 2 aromatic heterocycles. The van der Waals surface area contributed by atoms with Gasteiger partial charge in [-0.25, -0.2) is 4.52 Å². The lowest BCUT2D eigenvalue weighted by Crippen LogP contribution is -2.08. The van der Waals surface area contributed by atoms with E-state index in [4.69, 9.17) is 5.73 Å². The molecule has 2 heterocycles. The van der Waals surface area contributed by atoms with Gasteiger partial charge in [0, 0.05) is 16.4 Å². The molecule has 1 aromatic carbocycles. The topological polar surface area (TPSA) is 68.2 Å². The third kappa shape index (κ3) is 2.60. The molecular formula is C14H14BrN5. The van der Waals surface area contributed by atoms with Gasteiger partial charge in [-0.1, -0.05) is 12.1 Å². The molecule has 0 aliphatic heterocycles. The van der Waals surface area contributed by atoms with E-state index in [1.807, 2.05) is 42.6 Å². The molecule has 1 unspecified atom stereocenters. The number of hydrogen-bond donors (Lipinski definition) is 2. The molecule has 0 fully saturated rings. The number of nitrogen functional groups attached to an aromatic ring is 1. The standard InChI is InChI=1S/C14H14BrN5/c1-9(10-2-5-12(16)6-3-10)17-14-18-13-7-4-11(15)8-20(13)19-14/h2-9H,16H2,1H3,(H,17,19). The van der Waals surface area contributed by atoms with E-state index in [2.05, 4.69) is 38.3 Å². The first kappa shape index (κ1) is 12.9. The van der Waals surface area contributed by atoms with Crippen molar-refractivity contribution in [3.63, 3.8) is 0 Å². The molecule has 5 nitrogen and oxygen atoms in total. The normalized spacial score (nSPS) is 12.5. The van der Waals surface area contributed by atoms with Crippen molar-refractivity contribution in [1.29, 1.82) is 0 Å². The van der Waals surface area contributed by atoms with Crippen LogP contribution >= 0.6 is 15.9 Å². The van der Waals surface area contributed by atoms with Crippen LogP contribution < -0.4 is 11.1 Å². The maximum absolute atomic E-state index is 5.69. The molecule has 3 aromatic rings. The average molecular weight is 332 g/mol. The summed E-state index contributed by atoms with van der Waals surface area (Å²) in [6.07, 6.45) is 1.88. The maximum Gasteiger partial charge on any atom is 0.243 e. The Morgan fingerprint density at radius 3 is 2.70 bits per heavy atom. The van der Waals surface area contributed by atoms with Gasteiger partial charge in [0.25, 0.3) is 0 Å². The Bertz CT molecular complexity index is 735. The Labute approximate surface area is 125 Å². The van der Waals surface area contributed by atoms with E-state index >= 15 is 0 Å². The fraction of sp³-hybridized carbons (Fsp3) is 0.143. The van der Waals surface area contributed by atoms with E-state index in [1.165, 1.54) is 0 Å². The summed E-state index contributed by atoms with van der Waals surface area (Å²) in [6.45, 7) is 2.06. The number of nitrogens with zero attached hydrogens (tertiary/aromatic N) is 3. The number of fused-ring (bicyclic) bond motifs is 1. The largest absolute Gasteiger partial charge is 0.399 e. The van der Waals surface area contributed by atoms with Gasteiger partial charge in [-0.05, 0) is 52.7 Å². The second kappa shape index (κ2) is 5.13. The fourth-order valence-electron chi connectivity index (χ4n) is 1.98. The summed E-state index contributed by atoms with van der Waals surface area (Å²) >= 11 is 3.42. The molecule has 1 atom stereocenters. The van der Waals surface area contributed by atoms with Gasteiger partial charge >= 0.3 is 0 Å². The van der Waals surface area contributed by atoms with Crippen LogP contribution in [0.15, 0.2) is 47.1 Å². The molecule has 3 rings (SSSR count). The molecule has 0 aliphatic carbocycles. The first-order chi connectivity index (χ1) is 9.61. The number of pyridine rings is 1. The number of hydrogen-bond acceptors (Lipinski definition) is 4. The van der Waals surface area contributed by atoms with E-state index in [-0.39, 0.29) is 6.04 Å². The van der Waals surface area contributed by atoms with E-state index in [1.54, 1.807) is 4.52 Å². The zero-order valence-electron chi connectivity index (χ0n) is 10.9. The molecule has 3 N–H and O–H groups in total. The molecule has 0 spiro atoms. The molecule has 0 saturated heterocycles. The maximum atomic E-state index is 5.69. The summed E-state index contributed by atoms with van der Waals surface area (Å²) in [5.74, 6) is 0.604. The minimum absolute atomic E-state index is 0.108. The van der Waals surface area contributed by atoms with Crippen LogP contribution in [-0.2, 0) is 0 Å². The molecule has 20 heavy (non-hydrogen) atoms. The Balaban J connectivity index is 1.83. The number of halogens is 1. The summed E-state index contributed by atoms with van der Waals surface area (Å²) < 4.78 is 2.70. The van der Waals surface area contributed by atoms with Gasteiger partial charge < -0.3 is 11.1 Å². The Morgan fingerprint density at radius 1 is 1.20 bits per heavy atom. The molecule has 6 heteroatoms. The van der Waals surface area contributed by atoms with Gasteiger partial charge in [-0.3, -0.25) is 0 Å². The number of benzene rings is 1. The lowest BCUT2D eigenvalue weighted by molar-refractivity contribution is 0.852. The molecular weight excluding hydrogens is 318 g/mol. The lowest BCUT2D eigenvalue weighted by atomic mass is 10.1. The monoisotopic (exact) mass is 331 g/mol. The van der Waals surface area contributed by atoms with Crippen LogP contribution in [0, 0.1) is 0 Å². The van der Waals surface area contributed by atoms with Crippen LogP contribution in [-0.4, -0.2) is 14.6 Å². The molecule has 0 bridgehead atoms. The molecule has 0 saturated carbocycles. The van der Waals surface area contributed by atoms with E-state index < -0.39 is 0 Å². The third-order valence-corrected chi connectivity index (χ3v) is 3.55. The summed E-state index contributed by atoms with van der Waals surface area (Å²) in [4.78, 5) is 4.43. The van der Waals surface area contributed by atoms with Crippen molar-refractivity contribution in [2.45, 2.75) is 13.0 Å². The predicted octanol–water partition coefficient (Wildman–Crippen LogP) is 3.25. The number of aromatic nitrogens is 3. The van der Waals surface area contributed by atoms with Gasteiger partial charge in [0.2, 0.25) is 5.95 Å². The van der Waals surface area contributed by atoms with Crippen LogP contribution in [0.3, 0.4) is 0 Å². The minimum atomic E-state index is 0.108. The SMILES string of the molecule is CC(Nc1nc2ccc(Br)cn2n1)c1ccc(N)cc1. The van der Waals surface area contributed by atoms with Crippen LogP contribution in [0.5, 0.6) is 0 Å². The fourth-order valence-corrected chi connectivity index (χ4v) is 2.31. The van der Waals surface area contributed by atoms with Gasteiger partial charge in [0.05, 0.1) is 6.04 Å². The highest BCUT2D eigenvalue weighted by Gasteiger charge is 2.09. The summed E-state index contributed by atoms with van der Waals surface area (Å²) in [6, 6.07) is 11.7. The van der Waals surface area contributed by atoms with Crippen molar-refractivity contribution >= 4 is 33.2 Å². The molecule has 0 radical (unpaired) electrons. The van der Waals surface area contributed by atoms with Crippen molar-refractivity contribution in [3.05, 3.63) is 52.6 Å². The summed E-state index contributed by atoms with van der Waals surface area (Å²) in [5.41, 5.74) is 8.40. The lowest BCUT2D eigenvalue weighted by Gasteiger charge is -2.12. The Morgan fingerprint density at radius 2 is 1.95 bits per heavy atom. The van der Waals surface area contributed by atoms with Crippen molar-refractivity contribution in [2.75, 3.05) is 11.1 Å². The highest BCUT2D eigenvalue weighted by atomic mass is 79.9. The van der Waals surface area contributed by atoms with Gasteiger partial charge in [0.1, 0.15) is 0 Å². The number of anilines is 2. The van der Waals surface area contributed by atoms with Crippen LogP contribution in [0.4, 0.5) is 11.6 Å². The van der Waals surface area contributed by atoms with Crippen molar-refractivity contribution in [3.8, 4) is 0 Å². The zero-order valence-corrected chi connectivity index (χ0v) is 12.5. The number of rotatable bonds is 3. The highest BCUT2D eigenvalue weighted by molar-refractivity contribution is 9.10. The first-order valence-electron chi connectivity index (χ1n) is 6.26. The average Bonchev–Trinajstić information content (AvgIpc) is 2.80. The number of nitrogens with one attached hydrogen (secondary N) is 1. The van der Waals surface area contributed by atoms with Crippen LogP contribution in [0.1, 0.15) is 18.5 Å². The summed E-state index contributed by atoms with van der Waals surface area (Å²) in [7, 11) is 0. The first-order valence-corrected chi connectivity index (χ1v) is 7.05. The quantitative estimate of drug-likeness (QED) is 0.723. The molecule has 102 valence electrons. The second-order valence-corrected chi connectivity index (χ2v) is 5.53. The zero-order chi connectivity index (χ0) is 14.1. The number of nitrogens with two attached hydrogens (primary N) is 1. The minimum Gasteiger partial charge on any atom is -0.399 e. The van der Waals surface area contributed by atoms with Crippen LogP contribution in [0.2, 0.25) is 0 Å². The van der Waals surface area contributed by atoms with Crippen LogP contribution in [0.25, 0.3) is 5.65 Å². The van der Waals surface area contributed by atoms with E-state index in [9.17, 15) is 0 Å². The van der Waals surface area contributed by atoms with Gasteiger partial charge in [-0.2, -0.15) is 4.98 Å². The summed E-state index contributed by atoms with van der Waals surface area (Å²) in [5, 5.41) is 7.68. The predicted molar refractivity (Wildman–Crippen MR) is 83.6 cm³/mol. The van der Waals surface area contributed by atoms with E-state index in [0.717, 1.165) is 21.4 Å². The smallest absolute Gasteiger partial charge is 0.243 e. The second-order valence-electron chi connectivity index (χ2n) is 4.62. The molecule has 0 amide bonds. The van der Waals surface area contributed by atoms with Crippen molar-refractivity contribution in [1.82, 2.24) is 14.6 Å². The van der Waals surface area contributed by atoms with Gasteiger partial charge in [0.15, 0.2) is 5.65 Å². The highest BCUT2D eigenvalue weighted by Crippen LogP contribution is 2.19. The Hall–Kier alpha value is -2.08. The van der Waals surface area contributed by atoms with Crippen molar-refractivity contribution < 1.29 is 0 Å².